The fourth-order valence-electron chi connectivity index (χ4n) is 6.64. The van der Waals surface area contributed by atoms with Gasteiger partial charge in [0.05, 0.1) is 40.3 Å². The summed E-state index contributed by atoms with van der Waals surface area (Å²) >= 11 is 0. The maximum atomic E-state index is 12.8. The average Bonchev–Trinajstić information content (AvgIpc) is 3.28. The van der Waals surface area contributed by atoms with E-state index in [1.54, 1.807) is 21.1 Å². The SMILES string of the molecule is CC/C=C/C/C=C/C/C=C/C/C=C/C/C=C/C/C=C/CCCCC(=O)OC(COCCC(C(=O)[O-])[N+](C)(C)C)COC(=O)CCCCCCC/C=C/C/C=C/C/C=C/C/C=C/CCCCC. The van der Waals surface area contributed by atoms with Gasteiger partial charge in [-0.2, -0.15) is 0 Å². The Morgan fingerprint density at radius 1 is 0.470 bits per heavy atom. The molecule has 0 saturated heterocycles. The minimum absolute atomic E-state index is 0.00785. The molecule has 0 amide bonds. The molecule has 372 valence electrons. The molecule has 0 N–H and O–H groups in total. The predicted molar refractivity (Wildman–Crippen MR) is 277 cm³/mol. The predicted octanol–water partition coefficient (Wildman–Crippen LogP) is 13.6. The Labute approximate surface area is 403 Å². The third-order valence-corrected chi connectivity index (χ3v) is 10.6. The molecule has 2 atom stereocenters. The van der Waals surface area contributed by atoms with E-state index in [-0.39, 0.29) is 49.1 Å². The number of carbonyl (C=O) groups is 3. The summed E-state index contributed by atoms with van der Waals surface area (Å²) in [5.74, 6) is -1.83. The Kier molecular flexibility index (Phi) is 44.2. The van der Waals surface area contributed by atoms with Crippen LogP contribution in [0.15, 0.2) is 122 Å². The van der Waals surface area contributed by atoms with Crippen LogP contribution in [0.3, 0.4) is 0 Å². The van der Waals surface area contributed by atoms with Crippen molar-refractivity contribution in [3.8, 4) is 0 Å². The fraction of sp³-hybridized carbons (Fsp3) is 0.603. The summed E-state index contributed by atoms with van der Waals surface area (Å²) in [5, 5.41) is 11.7. The van der Waals surface area contributed by atoms with Gasteiger partial charge in [-0.15, -0.1) is 0 Å². The van der Waals surface area contributed by atoms with Gasteiger partial charge in [-0.3, -0.25) is 9.59 Å². The van der Waals surface area contributed by atoms with Crippen LogP contribution in [0, 0.1) is 0 Å². The van der Waals surface area contributed by atoms with Crippen molar-refractivity contribution >= 4 is 17.9 Å². The van der Waals surface area contributed by atoms with Crippen LogP contribution in [0.2, 0.25) is 0 Å². The van der Waals surface area contributed by atoms with E-state index >= 15 is 0 Å². The number of unbranched alkanes of at least 4 members (excludes halogenated alkanes) is 10. The van der Waals surface area contributed by atoms with E-state index in [1.807, 2.05) is 0 Å². The molecule has 66 heavy (non-hydrogen) atoms. The smallest absolute Gasteiger partial charge is 0.306 e. The van der Waals surface area contributed by atoms with Gasteiger partial charge in [0.15, 0.2) is 6.10 Å². The summed E-state index contributed by atoms with van der Waals surface area (Å²) < 4.78 is 17.2. The second-order valence-electron chi connectivity index (χ2n) is 17.7. The molecule has 8 nitrogen and oxygen atoms in total. The van der Waals surface area contributed by atoms with E-state index in [2.05, 4.69) is 135 Å². The quantitative estimate of drug-likeness (QED) is 0.0260. The highest BCUT2D eigenvalue weighted by Crippen LogP contribution is 2.12. The fourth-order valence-corrected chi connectivity index (χ4v) is 6.64. The van der Waals surface area contributed by atoms with E-state index in [4.69, 9.17) is 14.2 Å². The first-order chi connectivity index (χ1) is 32.1. The number of hydrogen-bond acceptors (Lipinski definition) is 7. The third kappa shape index (κ3) is 44.9. The number of ether oxygens (including phenoxy) is 3. The molecule has 0 aromatic heterocycles. The van der Waals surface area contributed by atoms with Crippen LogP contribution in [0.25, 0.3) is 0 Å². The summed E-state index contributed by atoms with van der Waals surface area (Å²) in [5.41, 5.74) is 0. The Morgan fingerprint density at radius 2 is 0.848 bits per heavy atom. The zero-order chi connectivity index (χ0) is 48.4. The number of likely N-dealkylation sites (N-methyl/N-ethyl adjacent to an activating group) is 1. The van der Waals surface area contributed by atoms with Crippen molar-refractivity contribution in [2.24, 2.45) is 0 Å². The lowest BCUT2D eigenvalue weighted by Gasteiger charge is -2.34. The Balaban J connectivity index is 4.42. The highest BCUT2D eigenvalue weighted by Gasteiger charge is 2.25. The highest BCUT2D eigenvalue weighted by molar-refractivity contribution is 5.70. The first-order valence-electron chi connectivity index (χ1n) is 25.6. The van der Waals surface area contributed by atoms with Gasteiger partial charge < -0.3 is 28.6 Å². The van der Waals surface area contributed by atoms with Crippen molar-refractivity contribution in [1.29, 1.82) is 0 Å². The van der Waals surface area contributed by atoms with E-state index < -0.39 is 18.1 Å². The lowest BCUT2D eigenvalue weighted by Crippen LogP contribution is -2.55. The number of hydrogen-bond donors (Lipinski definition) is 0. The van der Waals surface area contributed by atoms with Crippen LogP contribution in [-0.4, -0.2) is 75.5 Å². The molecule has 0 bridgehead atoms. The monoisotopic (exact) mass is 916 g/mol. The van der Waals surface area contributed by atoms with Gasteiger partial charge >= 0.3 is 11.9 Å². The van der Waals surface area contributed by atoms with Gasteiger partial charge in [0.1, 0.15) is 12.6 Å². The number of carboxylic acids is 1. The van der Waals surface area contributed by atoms with Crippen molar-refractivity contribution in [2.75, 3.05) is 41.0 Å². The third-order valence-electron chi connectivity index (χ3n) is 10.6. The zero-order valence-corrected chi connectivity index (χ0v) is 42.3. The van der Waals surface area contributed by atoms with Crippen molar-refractivity contribution in [3.05, 3.63) is 122 Å². The maximum Gasteiger partial charge on any atom is 0.306 e. The van der Waals surface area contributed by atoms with Crippen LogP contribution in [0.1, 0.15) is 174 Å². The van der Waals surface area contributed by atoms with Gasteiger partial charge in [0.2, 0.25) is 0 Å². The number of carbonyl (C=O) groups excluding carboxylic acids is 3. The average molecular weight is 916 g/mol. The molecule has 0 spiro atoms. The minimum Gasteiger partial charge on any atom is -0.544 e. The van der Waals surface area contributed by atoms with Crippen LogP contribution in [0.4, 0.5) is 0 Å². The van der Waals surface area contributed by atoms with E-state index in [0.29, 0.717) is 12.8 Å². The van der Waals surface area contributed by atoms with Crippen LogP contribution in [-0.2, 0) is 28.6 Å². The molecule has 0 radical (unpaired) electrons. The van der Waals surface area contributed by atoms with Crippen molar-refractivity contribution in [1.82, 2.24) is 0 Å². The molecule has 0 aliphatic rings. The molecular weight excluding hydrogens is 823 g/mol. The van der Waals surface area contributed by atoms with Crippen molar-refractivity contribution in [3.63, 3.8) is 0 Å². The topological polar surface area (TPSA) is 102 Å². The first kappa shape index (κ1) is 61.7. The molecule has 8 heteroatoms. The van der Waals surface area contributed by atoms with Gasteiger partial charge in [-0.25, -0.2) is 0 Å². The number of esters is 2. The molecule has 2 unspecified atom stereocenters. The Hall–Kier alpha value is -4.27. The molecule has 0 aromatic rings. The molecule has 0 rings (SSSR count). The van der Waals surface area contributed by atoms with Crippen LogP contribution >= 0.6 is 0 Å². The van der Waals surface area contributed by atoms with Crippen molar-refractivity contribution in [2.45, 2.75) is 187 Å². The normalized spacial score (nSPS) is 13.9. The van der Waals surface area contributed by atoms with Gasteiger partial charge in [-0.1, -0.05) is 167 Å². The molecule has 0 heterocycles. The standard InChI is InChI=1S/C58H93NO7/c1-6-8-10-12-14-16-18-20-22-24-26-28-30-32-34-36-38-40-42-44-46-48-56(60)65-53-54(52-64-51-50-55(58(62)63)59(3,4)5)66-57(61)49-47-45-43-41-39-37-35-33-31-29-27-25-23-21-19-17-15-13-11-9-7-2/h9,11,14-17,20-23,26-29,32-35,39,41,54-55H,6-8,10,12-13,18-19,24-25,30-31,36-38,40,42-53H2,1-5H3/b11-9+,16-14+,17-15+,22-20+,23-21+,28-26+,29-27+,34-32+,35-33+,41-39+. The highest BCUT2D eigenvalue weighted by atomic mass is 16.6. The Bertz CT molecular complexity index is 1490. The first-order valence-corrected chi connectivity index (χ1v) is 25.6. The molecule has 0 aliphatic carbocycles. The van der Waals surface area contributed by atoms with Gasteiger partial charge in [-0.05, 0) is 109 Å². The summed E-state index contributed by atoms with van der Waals surface area (Å²) in [6.45, 7) is 4.44. The molecule has 0 aliphatic heterocycles. The maximum absolute atomic E-state index is 12.8. The number of nitrogens with zero attached hydrogens (tertiary/aromatic N) is 1. The molecule has 0 saturated carbocycles. The second-order valence-corrected chi connectivity index (χ2v) is 17.7. The molecule has 0 aromatic carbocycles. The van der Waals surface area contributed by atoms with Gasteiger partial charge in [0.25, 0.3) is 0 Å². The molecule has 0 fully saturated rings. The van der Waals surface area contributed by atoms with E-state index in [1.165, 1.54) is 25.7 Å². The number of allylic oxidation sites excluding steroid dienone is 20. The number of quaternary nitrogens is 1. The Morgan fingerprint density at radius 3 is 1.29 bits per heavy atom. The van der Waals surface area contributed by atoms with Crippen molar-refractivity contribution < 1.29 is 38.2 Å². The largest absolute Gasteiger partial charge is 0.544 e. The summed E-state index contributed by atoms with van der Waals surface area (Å²) in [6, 6.07) is -0.746. The minimum atomic E-state index is -1.14. The van der Waals surface area contributed by atoms with E-state index in [0.717, 1.165) is 109 Å². The number of carboxylic acid groups (broad SMARTS) is 1. The lowest BCUT2D eigenvalue weighted by atomic mass is 10.1. The van der Waals surface area contributed by atoms with E-state index in [9.17, 15) is 19.5 Å². The summed E-state index contributed by atoms with van der Waals surface area (Å²) in [4.78, 5) is 37.0. The lowest BCUT2D eigenvalue weighted by molar-refractivity contribution is -0.889. The molecular formula is C58H93NO7. The summed E-state index contributed by atoms with van der Waals surface area (Å²) in [6.07, 6.45) is 66.6. The van der Waals surface area contributed by atoms with Crippen LogP contribution in [0.5, 0.6) is 0 Å². The second kappa shape index (κ2) is 47.2. The van der Waals surface area contributed by atoms with Crippen LogP contribution < -0.4 is 5.11 Å². The van der Waals surface area contributed by atoms with Gasteiger partial charge in [0, 0.05) is 19.3 Å². The summed E-state index contributed by atoms with van der Waals surface area (Å²) in [7, 11) is 5.38. The number of rotatable bonds is 44. The zero-order valence-electron chi connectivity index (χ0n) is 42.3. The number of aliphatic carboxylic acids is 1.